The van der Waals surface area contributed by atoms with Gasteiger partial charge < -0.3 is 14.2 Å². The van der Waals surface area contributed by atoms with Gasteiger partial charge in [-0.05, 0) is 64.2 Å². The molecule has 0 aliphatic rings. The summed E-state index contributed by atoms with van der Waals surface area (Å²) in [6, 6.07) is 0. The van der Waals surface area contributed by atoms with Gasteiger partial charge in [0, 0.05) is 19.3 Å². The monoisotopic (exact) mass is 895 g/mol. The SMILES string of the molecule is CC/C=C\C/C=C\C/C=C\C/C=C\C/C=C\CCCCCC(=O)OCC(COC(=O)CCCCCCCCCCCCC)OC(=O)CCCCCCCCCCCCCCCCCC. The Morgan fingerprint density at radius 3 is 0.953 bits per heavy atom. The Hall–Kier alpha value is -2.89. The molecule has 0 fully saturated rings. The van der Waals surface area contributed by atoms with Crippen molar-refractivity contribution >= 4 is 17.9 Å². The van der Waals surface area contributed by atoms with Gasteiger partial charge in [0.25, 0.3) is 0 Å². The number of esters is 3. The molecule has 1 unspecified atom stereocenters. The number of carbonyl (C=O) groups is 3. The molecule has 0 aliphatic heterocycles. The number of rotatable bonds is 49. The maximum absolute atomic E-state index is 12.8. The van der Waals surface area contributed by atoms with Crippen molar-refractivity contribution in [2.75, 3.05) is 13.2 Å². The summed E-state index contributed by atoms with van der Waals surface area (Å²) in [5.74, 6) is -0.905. The third-order valence-electron chi connectivity index (χ3n) is 11.8. The van der Waals surface area contributed by atoms with Crippen molar-refractivity contribution in [2.45, 2.75) is 277 Å². The van der Waals surface area contributed by atoms with Gasteiger partial charge in [0.15, 0.2) is 6.10 Å². The van der Waals surface area contributed by atoms with Crippen molar-refractivity contribution < 1.29 is 28.6 Å². The molecule has 370 valence electrons. The van der Waals surface area contributed by atoms with Gasteiger partial charge in [0.1, 0.15) is 13.2 Å². The second kappa shape index (κ2) is 52.7. The Labute approximate surface area is 396 Å². The largest absolute Gasteiger partial charge is 0.462 e. The first kappa shape index (κ1) is 61.1. The molecule has 6 nitrogen and oxygen atoms in total. The van der Waals surface area contributed by atoms with Crippen LogP contribution in [0.5, 0.6) is 0 Å². The lowest BCUT2D eigenvalue weighted by Crippen LogP contribution is -2.30. The zero-order valence-electron chi connectivity index (χ0n) is 42.3. The number of allylic oxidation sites excluding steroid dienone is 10. The molecule has 0 saturated heterocycles. The van der Waals surface area contributed by atoms with E-state index in [9.17, 15) is 14.4 Å². The van der Waals surface area contributed by atoms with Crippen molar-refractivity contribution in [1.29, 1.82) is 0 Å². The zero-order chi connectivity index (χ0) is 46.5. The molecule has 1 atom stereocenters. The van der Waals surface area contributed by atoms with Crippen LogP contribution in [0.15, 0.2) is 60.8 Å². The Kier molecular flexibility index (Phi) is 50.4. The maximum atomic E-state index is 12.8. The van der Waals surface area contributed by atoms with Crippen molar-refractivity contribution in [3.63, 3.8) is 0 Å². The second-order valence-electron chi connectivity index (χ2n) is 18.1. The van der Waals surface area contributed by atoms with Gasteiger partial charge in [-0.25, -0.2) is 0 Å². The van der Waals surface area contributed by atoms with Gasteiger partial charge in [0.05, 0.1) is 0 Å². The summed E-state index contributed by atoms with van der Waals surface area (Å²) in [6.45, 7) is 6.51. The fourth-order valence-electron chi connectivity index (χ4n) is 7.70. The highest BCUT2D eigenvalue weighted by Crippen LogP contribution is 2.16. The summed E-state index contributed by atoms with van der Waals surface area (Å²) in [4.78, 5) is 38.0. The Morgan fingerprint density at radius 2 is 0.609 bits per heavy atom. The minimum Gasteiger partial charge on any atom is -0.462 e. The predicted octanol–water partition coefficient (Wildman–Crippen LogP) is 18.0. The molecule has 0 saturated carbocycles. The van der Waals surface area contributed by atoms with E-state index in [0.29, 0.717) is 19.3 Å². The third kappa shape index (κ3) is 50.1. The summed E-state index contributed by atoms with van der Waals surface area (Å²) in [6.07, 6.45) is 64.9. The first-order chi connectivity index (χ1) is 31.5. The highest BCUT2D eigenvalue weighted by atomic mass is 16.6. The molecule has 0 heterocycles. The van der Waals surface area contributed by atoms with E-state index in [4.69, 9.17) is 14.2 Å². The molecule has 0 aromatic carbocycles. The number of carbonyl (C=O) groups excluding carboxylic acids is 3. The summed E-state index contributed by atoms with van der Waals surface area (Å²) < 4.78 is 16.8. The van der Waals surface area contributed by atoms with Crippen molar-refractivity contribution in [3.8, 4) is 0 Å². The molecule has 0 aliphatic carbocycles. The summed E-state index contributed by atoms with van der Waals surface area (Å²) in [7, 11) is 0. The number of unbranched alkanes of at least 4 members (excludes halogenated alkanes) is 28. The molecule has 0 rings (SSSR count). The fourth-order valence-corrected chi connectivity index (χ4v) is 7.70. The molecule has 0 spiro atoms. The van der Waals surface area contributed by atoms with Crippen LogP contribution in [0.25, 0.3) is 0 Å². The average Bonchev–Trinajstić information content (AvgIpc) is 3.29. The summed E-state index contributed by atoms with van der Waals surface area (Å²) >= 11 is 0. The molecule has 64 heavy (non-hydrogen) atoms. The van der Waals surface area contributed by atoms with Gasteiger partial charge in [-0.2, -0.15) is 0 Å². The molecule has 0 N–H and O–H groups in total. The van der Waals surface area contributed by atoms with E-state index in [2.05, 4.69) is 81.5 Å². The number of ether oxygens (including phenoxy) is 3. The van der Waals surface area contributed by atoms with E-state index in [1.165, 1.54) is 135 Å². The highest BCUT2D eigenvalue weighted by Gasteiger charge is 2.19. The molecular weight excluding hydrogens is 793 g/mol. The lowest BCUT2D eigenvalue weighted by atomic mass is 10.0. The van der Waals surface area contributed by atoms with Gasteiger partial charge in [-0.15, -0.1) is 0 Å². The summed E-state index contributed by atoms with van der Waals surface area (Å²) in [5, 5.41) is 0. The molecule has 0 bridgehead atoms. The van der Waals surface area contributed by atoms with E-state index < -0.39 is 6.10 Å². The second-order valence-corrected chi connectivity index (χ2v) is 18.1. The van der Waals surface area contributed by atoms with E-state index >= 15 is 0 Å². The van der Waals surface area contributed by atoms with Crippen molar-refractivity contribution in [3.05, 3.63) is 60.8 Å². The van der Waals surface area contributed by atoms with Crippen LogP contribution in [0.3, 0.4) is 0 Å². The Morgan fingerprint density at radius 1 is 0.328 bits per heavy atom. The number of hydrogen-bond acceptors (Lipinski definition) is 6. The van der Waals surface area contributed by atoms with E-state index in [0.717, 1.165) is 96.3 Å². The van der Waals surface area contributed by atoms with Crippen LogP contribution < -0.4 is 0 Å². The summed E-state index contributed by atoms with van der Waals surface area (Å²) in [5.41, 5.74) is 0. The van der Waals surface area contributed by atoms with Crippen molar-refractivity contribution in [1.82, 2.24) is 0 Å². The smallest absolute Gasteiger partial charge is 0.306 e. The van der Waals surface area contributed by atoms with Crippen LogP contribution >= 0.6 is 0 Å². The first-order valence-corrected chi connectivity index (χ1v) is 27.3. The van der Waals surface area contributed by atoms with Crippen LogP contribution in [0.1, 0.15) is 271 Å². The fraction of sp³-hybridized carbons (Fsp3) is 0.776. The number of hydrogen-bond donors (Lipinski definition) is 0. The molecule has 6 heteroatoms. The Bertz CT molecular complexity index is 1170. The van der Waals surface area contributed by atoms with E-state index in [1.807, 2.05) is 0 Å². The van der Waals surface area contributed by atoms with E-state index in [1.54, 1.807) is 0 Å². The topological polar surface area (TPSA) is 78.9 Å². The molecule has 0 amide bonds. The van der Waals surface area contributed by atoms with Gasteiger partial charge in [0.2, 0.25) is 0 Å². The molecule has 0 aromatic heterocycles. The highest BCUT2D eigenvalue weighted by molar-refractivity contribution is 5.71. The van der Waals surface area contributed by atoms with Crippen LogP contribution in [0.4, 0.5) is 0 Å². The van der Waals surface area contributed by atoms with Gasteiger partial charge in [-0.3, -0.25) is 14.4 Å². The van der Waals surface area contributed by atoms with Gasteiger partial charge in [-0.1, -0.05) is 248 Å². The first-order valence-electron chi connectivity index (χ1n) is 27.3. The standard InChI is InChI=1S/C58H102O6/c1-4-7-10-13-16-19-22-24-26-28-29-30-32-33-36-39-42-45-48-51-57(60)63-54-55(53-62-56(59)50-47-44-41-38-35-21-18-15-12-9-6-3)64-58(61)52-49-46-43-40-37-34-31-27-25-23-20-17-14-11-8-5-2/h7,10,16,19,24,26,29-30,33,36,55H,4-6,8-9,11-15,17-18,20-23,25,27-28,31-32,34-35,37-54H2,1-3H3/b10-7-,19-16-,26-24-,30-29-,36-33-. The average molecular weight is 895 g/mol. The quantitative estimate of drug-likeness (QED) is 0.0262. The lowest BCUT2D eigenvalue weighted by Gasteiger charge is -2.18. The van der Waals surface area contributed by atoms with Crippen LogP contribution in [-0.2, 0) is 28.6 Å². The van der Waals surface area contributed by atoms with Gasteiger partial charge >= 0.3 is 17.9 Å². The van der Waals surface area contributed by atoms with E-state index in [-0.39, 0.29) is 31.1 Å². The lowest BCUT2D eigenvalue weighted by molar-refractivity contribution is -0.167. The molecular formula is C58H102O6. The molecule has 0 radical (unpaired) electrons. The van der Waals surface area contributed by atoms with Crippen LogP contribution in [0, 0.1) is 0 Å². The predicted molar refractivity (Wildman–Crippen MR) is 275 cm³/mol. The molecule has 0 aromatic rings. The van der Waals surface area contributed by atoms with Crippen molar-refractivity contribution in [2.24, 2.45) is 0 Å². The minimum atomic E-state index is -0.783. The van der Waals surface area contributed by atoms with Crippen LogP contribution in [-0.4, -0.2) is 37.2 Å². The third-order valence-corrected chi connectivity index (χ3v) is 11.8. The Balaban J connectivity index is 4.39. The minimum absolute atomic E-state index is 0.0813. The maximum Gasteiger partial charge on any atom is 0.306 e. The van der Waals surface area contributed by atoms with Crippen LogP contribution in [0.2, 0.25) is 0 Å². The normalized spacial score (nSPS) is 12.5. The zero-order valence-corrected chi connectivity index (χ0v) is 42.3.